The first-order valence-electron chi connectivity index (χ1n) is 7.89. The summed E-state index contributed by atoms with van der Waals surface area (Å²) >= 11 is 0. The highest BCUT2D eigenvalue weighted by Gasteiger charge is 2.67. The van der Waals surface area contributed by atoms with Gasteiger partial charge in [-0.15, -0.1) is 0 Å². The Morgan fingerprint density at radius 1 is 1.06 bits per heavy atom. The molecule has 0 aliphatic carbocycles. The SMILES string of the molecule is C=C(F)C(=O)OC(OCCCC(F)(F)C(F)(F)S(=O)(=O)[O-])(C(=O)NCC(C)=O)C(F)(F)F. The molecule has 0 aromatic carbocycles. The van der Waals surface area contributed by atoms with Crippen molar-refractivity contribution >= 4 is 27.8 Å². The Balaban J connectivity index is 5.80. The van der Waals surface area contributed by atoms with Crippen LogP contribution in [0, 0.1) is 0 Å². The number of halogens is 8. The number of ketones is 1. The standard InChI is InChI=1S/C14H15F8NO8S/c1-7(24)6-23-10(26)12(13(18,19)20,31-9(25)8(2)15)30-5-3-4-11(16,17)14(21,22)32(27,28)29/h2-6H2,1H3,(H,23,26)(H,27,28,29)/p-1. The van der Waals surface area contributed by atoms with Gasteiger partial charge in [-0.25, -0.2) is 13.2 Å². The van der Waals surface area contributed by atoms with Crippen LogP contribution in [-0.2, 0) is 34.0 Å². The summed E-state index contributed by atoms with van der Waals surface area (Å²) < 4.78 is 145. The molecule has 0 aliphatic heterocycles. The lowest BCUT2D eigenvalue weighted by atomic mass is 10.2. The Kier molecular flexibility index (Phi) is 9.33. The van der Waals surface area contributed by atoms with Crippen molar-refractivity contribution in [2.45, 2.75) is 42.9 Å². The first-order valence-corrected chi connectivity index (χ1v) is 9.30. The van der Waals surface area contributed by atoms with Crippen LogP contribution in [0.15, 0.2) is 12.4 Å². The zero-order valence-electron chi connectivity index (χ0n) is 15.7. The van der Waals surface area contributed by atoms with E-state index < -0.39 is 82.7 Å². The molecule has 0 heterocycles. The van der Waals surface area contributed by atoms with E-state index in [0.29, 0.717) is 0 Å². The second kappa shape index (κ2) is 10.1. The van der Waals surface area contributed by atoms with Gasteiger partial charge >= 0.3 is 35.0 Å². The fraction of sp³-hybridized carbons (Fsp3) is 0.643. The molecule has 0 aromatic rings. The number of Topliss-reactive ketones (excluding diaryl/α,β-unsaturated/α-hetero) is 1. The van der Waals surface area contributed by atoms with E-state index >= 15 is 0 Å². The molecule has 9 nitrogen and oxygen atoms in total. The molecule has 1 unspecified atom stereocenters. The number of amides is 1. The number of esters is 1. The van der Waals surface area contributed by atoms with Crippen molar-refractivity contribution in [2.75, 3.05) is 13.2 Å². The molecule has 0 aromatic heterocycles. The Hall–Kier alpha value is -2.34. The highest BCUT2D eigenvalue weighted by Crippen LogP contribution is 2.42. The minimum absolute atomic E-state index is 0.804. The van der Waals surface area contributed by atoms with E-state index in [1.54, 1.807) is 0 Å². The van der Waals surface area contributed by atoms with Gasteiger partial charge in [-0.3, -0.25) is 9.59 Å². The highest BCUT2D eigenvalue weighted by molar-refractivity contribution is 7.86. The van der Waals surface area contributed by atoms with E-state index in [9.17, 15) is 62.5 Å². The van der Waals surface area contributed by atoms with Crippen LogP contribution in [0.2, 0.25) is 0 Å². The summed E-state index contributed by atoms with van der Waals surface area (Å²) in [4.78, 5) is 34.0. The van der Waals surface area contributed by atoms with Gasteiger partial charge in [-0.05, 0) is 13.3 Å². The van der Waals surface area contributed by atoms with E-state index in [4.69, 9.17) is 0 Å². The van der Waals surface area contributed by atoms with E-state index in [1.165, 1.54) is 5.32 Å². The lowest BCUT2D eigenvalue weighted by Crippen LogP contribution is -2.62. The molecule has 1 amide bonds. The summed E-state index contributed by atoms with van der Waals surface area (Å²) in [7, 11) is -6.87. The third-order valence-corrected chi connectivity index (χ3v) is 4.23. The van der Waals surface area contributed by atoms with Crippen LogP contribution in [0.4, 0.5) is 35.1 Å². The zero-order chi connectivity index (χ0) is 25.8. The molecule has 0 aliphatic rings. The van der Waals surface area contributed by atoms with Crippen molar-refractivity contribution in [3.8, 4) is 0 Å². The molecule has 0 bridgehead atoms. The number of ether oxygens (including phenoxy) is 2. The van der Waals surface area contributed by atoms with E-state index in [1.807, 2.05) is 0 Å². The highest BCUT2D eigenvalue weighted by atomic mass is 32.2. The molecular formula is C14H14F8NO8S-. The second-order valence-corrected chi connectivity index (χ2v) is 7.34. The maximum atomic E-state index is 13.5. The van der Waals surface area contributed by atoms with Crippen LogP contribution < -0.4 is 5.32 Å². The van der Waals surface area contributed by atoms with Gasteiger partial charge in [-0.2, -0.15) is 35.1 Å². The topological polar surface area (TPSA) is 139 Å². The number of rotatable bonds is 12. The first kappa shape index (κ1) is 29.7. The summed E-state index contributed by atoms with van der Waals surface area (Å²) in [6, 6.07) is 0. The number of nitrogens with one attached hydrogen (secondary N) is 1. The Morgan fingerprint density at radius 2 is 1.56 bits per heavy atom. The van der Waals surface area contributed by atoms with E-state index in [0.717, 1.165) is 6.92 Å². The van der Waals surface area contributed by atoms with Crippen LogP contribution in [0.1, 0.15) is 19.8 Å². The largest absolute Gasteiger partial charge is 0.743 e. The lowest BCUT2D eigenvalue weighted by molar-refractivity contribution is -0.347. The van der Waals surface area contributed by atoms with Crippen molar-refractivity contribution in [3.63, 3.8) is 0 Å². The maximum absolute atomic E-state index is 13.5. The molecule has 1 atom stereocenters. The van der Waals surface area contributed by atoms with Gasteiger partial charge in [0.1, 0.15) is 5.78 Å². The fourth-order valence-corrected chi connectivity index (χ4v) is 2.22. The molecule has 0 radical (unpaired) electrons. The van der Waals surface area contributed by atoms with Crippen LogP contribution >= 0.6 is 0 Å². The molecule has 32 heavy (non-hydrogen) atoms. The Labute approximate surface area is 174 Å². The molecule has 0 spiro atoms. The normalized spacial score (nSPS) is 14.9. The third-order valence-electron chi connectivity index (χ3n) is 3.31. The van der Waals surface area contributed by atoms with Crippen LogP contribution in [0.3, 0.4) is 0 Å². The van der Waals surface area contributed by atoms with Crippen molar-refractivity contribution in [2.24, 2.45) is 0 Å². The minimum atomic E-state index is -6.87. The van der Waals surface area contributed by atoms with E-state index in [-0.39, 0.29) is 0 Å². The van der Waals surface area contributed by atoms with Crippen molar-refractivity contribution in [3.05, 3.63) is 12.4 Å². The summed E-state index contributed by atoms with van der Waals surface area (Å²) in [6.07, 6.45) is -9.83. The van der Waals surface area contributed by atoms with E-state index in [2.05, 4.69) is 16.1 Å². The van der Waals surface area contributed by atoms with Crippen LogP contribution in [-0.4, -0.2) is 66.9 Å². The quantitative estimate of drug-likeness (QED) is 0.105. The zero-order valence-corrected chi connectivity index (χ0v) is 16.5. The van der Waals surface area contributed by atoms with Crippen LogP contribution in [0.25, 0.3) is 0 Å². The van der Waals surface area contributed by atoms with Crippen LogP contribution in [0.5, 0.6) is 0 Å². The molecule has 0 saturated heterocycles. The van der Waals surface area contributed by atoms with Crippen molar-refractivity contribution in [1.29, 1.82) is 0 Å². The summed E-state index contributed by atoms with van der Waals surface area (Å²) in [5.41, 5.74) is 0. The second-order valence-electron chi connectivity index (χ2n) is 5.92. The van der Waals surface area contributed by atoms with Gasteiger partial charge in [-0.1, -0.05) is 6.58 Å². The lowest BCUT2D eigenvalue weighted by Gasteiger charge is -2.33. The van der Waals surface area contributed by atoms with Gasteiger partial charge in [0.05, 0.1) is 13.2 Å². The number of hydrogen-bond donors (Lipinski definition) is 1. The summed E-state index contributed by atoms with van der Waals surface area (Å²) in [5, 5.41) is -4.82. The molecular weight excluding hydrogens is 494 g/mol. The van der Waals surface area contributed by atoms with Crippen molar-refractivity contribution < 1.29 is 72.0 Å². The summed E-state index contributed by atoms with van der Waals surface area (Å²) in [5.74, 6) is -18.3. The third kappa shape index (κ3) is 6.83. The number of alkyl halides is 7. The number of hydrogen-bond acceptors (Lipinski definition) is 8. The molecule has 0 rings (SSSR count). The Bertz CT molecular complexity index is 857. The average molecular weight is 508 g/mol. The molecule has 186 valence electrons. The first-order chi connectivity index (χ1) is 14.1. The average Bonchev–Trinajstić information content (AvgIpc) is 2.59. The molecule has 1 N–H and O–H groups in total. The Morgan fingerprint density at radius 3 is 1.94 bits per heavy atom. The van der Waals surface area contributed by atoms with Crippen molar-refractivity contribution in [1.82, 2.24) is 5.32 Å². The predicted molar refractivity (Wildman–Crippen MR) is 83.6 cm³/mol. The van der Waals surface area contributed by atoms with Gasteiger partial charge in [0.2, 0.25) is 5.83 Å². The minimum Gasteiger partial charge on any atom is -0.743 e. The molecule has 0 fully saturated rings. The smallest absolute Gasteiger partial charge is 0.466 e. The number of carbonyl (C=O) groups excluding carboxylic acids is 3. The fourth-order valence-electron chi connectivity index (χ4n) is 1.76. The van der Waals surface area contributed by atoms with Gasteiger partial charge in [0, 0.05) is 6.42 Å². The van der Waals surface area contributed by atoms with Gasteiger partial charge < -0.3 is 19.3 Å². The monoisotopic (exact) mass is 508 g/mol. The van der Waals surface area contributed by atoms with Gasteiger partial charge in [0.15, 0.2) is 10.1 Å². The predicted octanol–water partition coefficient (Wildman–Crippen LogP) is 1.55. The van der Waals surface area contributed by atoms with Gasteiger partial charge in [0.25, 0.3) is 0 Å². The summed E-state index contributed by atoms with van der Waals surface area (Å²) in [6.45, 7) is 0.302. The molecule has 18 heteroatoms. The molecule has 0 saturated carbocycles. The number of carbonyl (C=O) groups is 3. The maximum Gasteiger partial charge on any atom is 0.466 e.